The molecule has 3 aliphatic rings. The number of halogens is 4. The van der Waals surface area contributed by atoms with Gasteiger partial charge in [-0.1, -0.05) is 36.5 Å². The Hall–Kier alpha value is -2.49. The molecular weight excluding hydrogens is 524 g/mol. The third-order valence-electron chi connectivity index (χ3n) is 8.31. The molecule has 2 aliphatic carbocycles. The maximum Gasteiger partial charge on any atom is 0.347 e. The van der Waals surface area contributed by atoms with Crippen molar-refractivity contribution in [3.63, 3.8) is 0 Å². The van der Waals surface area contributed by atoms with Crippen molar-refractivity contribution >= 4 is 12.0 Å². The number of benzene rings is 1. The molecular formula is C31H40F4N2O3. The van der Waals surface area contributed by atoms with E-state index in [4.69, 9.17) is 9.47 Å². The van der Waals surface area contributed by atoms with Crippen LogP contribution in [0, 0.1) is 17.6 Å². The Kier molecular flexibility index (Phi) is 10.6. The summed E-state index contributed by atoms with van der Waals surface area (Å²) in [7, 11) is 1.32. The van der Waals surface area contributed by atoms with Crippen molar-refractivity contribution < 1.29 is 31.8 Å². The normalized spacial score (nSPS) is 24.8. The first-order valence-corrected chi connectivity index (χ1v) is 14.2. The Morgan fingerprint density at radius 2 is 1.95 bits per heavy atom. The third-order valence-corrected chi connectivity index (χ3v) is 8.31. The fourth-order valence-electron chi connectivity index (χ4n) is 6.22. The van der Waals surface area contributed by atoms with E-state index >= 15 is 0 Å². The van der Waals surface area contributed by atoms with Crippen LogP contribution in [-0.4, -0.2) is 56.0 Å². The minimum atomic E-state index is -3.03. The van der Waals surface area contributed by atoms with Gasteiger partial charge in [0.1, 0.15) is 11.6 Å². The molecule has 0 spiro atoms. The van der Waals surface area contributed by atoms with Crippen molar-refractivity contribution in [3.8, 4) is 0 Å². The van der Waals surface area contributed by atoms with Crippen LogP contribution in [0.5, 0.6) is 0 Å². The van der Waals surface area contributed by atoms with Crippen LogP contribution in [0.2, 0.25) is 0 Å². The van der Waals surface area contributed by atoms with Gasteiger partial charge in [-0.15, -0.1) is 0 Å². The summed E-state index contributed by atoms with van der Waals surface area (Å²) in [6.07, 6.45) is 13.4. The molecule has 2 atom stereocenters. The van der Waals surface area contributed by atoms with Crippen LogP contribution in [0.25, 0.3) is 6.08 Å². The molecule has 1 aromatic carbocycles. The summed E-state index contributed by atoms with van der Waals surface area (Å²) in [6.45, 7) is 0.875. The molecule has 1 saturated heterocycles. The highest BCUT2D eigenvalue weighted by molar-refractivity contribution is 5.97. The van der Waals surface area contributed by atoms with E-state index in [1.807, 2.05) is 0 Å². The summed E-state index contributed by atoms with van der Waals surface area (Å²) in [5.74, 6) is -2.66. The number of ether oxygens (including phenoxy) is 2. The summed E-state index contributed by atoms with van der Waals surface area (Å²) in [4.78, 5) is 15.9. The standard InChI is InChI=1S/C31H40F4N2O3/c1-21(15-23-10-11-25(32)17-28(23)33)19-36-29(38)27-12-13-31(39-2,40-30(34)35)18-24(27)16-26-9-6-14-37(26)20-22-7-4-3-5-8-22/h10-13,15,17,22,26,30H,3-9,14,16,18-20H2,1-2H3,(H,36,38)/t26?,31-/m1/s1. The second kappa shape index (κ2) is 13.9. The summed E-state index contributed by atoms with van der Waals surface area (Å²) >= 11 is 0. The maximum absolute atomic E-state index is 14.1. The lowest BCUT2D eigenvalue weighted by molar-refractivity contribution is -0.280. The zero-order chi connectivity index (χ0) is 28.7. The molecule has 1 unspecified atom stereocenters. The smallest absolute Gasteiger partial charge is 0.347 e. The number of alkyl halides is 2. The van der Waals surface area contributed by atoms with Crippen molar-refractivity contribution in [1.29, 1.82) is 0 Å². The van der Waals surface area contributed by atoms with Gasteiger partial charge in [0, 0.05) is 49.9 Å². The van der Waals surface area contributed by atoms with Crippen molar-refractivity contribution in [2.45, 2.75) is 83.2 Å². The topological polar surface area (TPSA) is 50.8 Å². The van der Waals surface area contributed by atoms with E-state index in [0.717, 1.165) is 32.0 Å². The Morgan fingerprint density at radius 1 is 1.18 bits per heavy atom. The summed E-state index contributed by atoms with van der Waals surface area (Å²) in [5.41, 5.74) is 2.02. The minimum Gasteiger partial charge on any atom is -0.349 e. The van der Waals surface area contributed by atoms with Gasteiger partial charge in [-0.05, 0) is 75.8 Å². The maximum atomic E-state index is 14.1. The summed E-state index contributed by atoms with van der Waals surface area (Å²) in [6, 6.07) is 3.55. The number of carbonyl (C=O) groups is 1. The van der Waals surface area contributed by atoms with Crippen LogP contribution < -0.4 is 5.32 Å². The molecule has 1 saturated carbocycles. The SMILES string of the molecule is CO[C@@]1(OC(F)F)C=CC(C(=O)NCC(C)=Cc2ccc(F)cc2F)=C(CC2CCCN2CC2CCCCC2)C1. The van der Waals surface area contributed by atoms with Crippen molar-refractivity contribution in [2.75, 3.05) is 26.7 Å². The predicted octanol–water partition coefficient (Wildman–Crippen LogP) is 6.76. The summed E-state index contributed by atoms with van der Waals surface area (Å²) in [5, 5.41) is 2.86. The third kappa shape index (κ3) is 8.04. The summed E-state index contributed by atoms with van der Waals surface area (Å²) < 4.78 is 64.2. The van der Waals surface area contributed by atoms with Gasteiger partial charge in [0.2, 0.25) is 0 Å². The molecule has 1 aromatic rings. The van der Waals surface area contributed by atoms with Crippen LogP contribution in [0.1, 0.15) is 70.3 Å². The molecule has 1 N–H and O–H groups in total. The molecule has 1 amide bonds. The fraction of sp³-hybridized carbons (Fsp3) is 0.581. The van der Waals surface area contributed by atoms with E-state index in [0.29, 0.717) is 29.1 Å². The molecule has 2 fully saturated rings. The van der Waals surface area contributed by atoms with E-state index in [-0.39, 0.29) is 30.5 Å². The Labute approximate surface area is 234 Å². The average molecular weight is 565 g/mol. The number of methoxy groups -OCH3 is 1. The van der Waals surface area contributed by atoms with Crippen molar-refractivity contribution in [3.05, 3.63) is 64.3 Å². The second-order valence-corrected chi connectivity index (χ2v) is 11.3. The number of rotatable bonds is 11. The monoisotopic (exact) mass is 564 g/mol. The molecule has 0 radical (unpaired) electrons. The Morgan fingerprint density at radius 3 is 2.65 bits per heavy atom. The average Bonchev–Trinajstić information content (AvgIpc) is 3.35. The first-order chi connectivity index (χ1) is 19.2. The lowest BCUT2D eigenvalue weighted by Crippen LogP contribution is -2.40. The molecule has 9 heteroatoms. The van der Waals surface area contributed by atoms with E-state index < -0.39 is 24.0 Å². The van der Waals surface area contributed by atoms with Gasteiger partial charge in [-0.25, -0.2) is 8.78 Å². The molecule has 0 bridgehead atoms. The quantitative estimate of drug-likeness (QED) is 0.238. The van der Waals surface area contributed by atoms with Gasteiger partial charge < -0.3 is 10.1 Å². The lowest BCUT2D eigenvalue weighted by Gasteiger charge is -2.36. The van der Waals surface area contributed by atoms with Gasteiger partial charge in [0.05, 0.1) is 0 Å². The molecule has 4 rings (SSSR count). The van der Waals surface area contributed by atoms with E-state index in [1.165, 1.54) is 63.5 Å². The molecule has 220 valence electrons. The van der Waals surface area contributed by atoms with Crippen LogP contribution in [0.4, 0.5) is 17.6 Å². The van der Waals surface area contributed by atoms with E-state index in [9.17, 15) is 22.4 Å². The number of hydrogen-bond acceptors (Lipinski definition) is 4. The molecule has 1 aliphatic heterocycles. The highest BCUT2D eigenvalue weighted by Gasteiger charge is 2.39. The highest BCUT2D eigenvalue weighted by atomic mass is 19.3. The van der Waals surface area contributed by atoms with Gasteiger partial charge >= 0.3 is 6.61 Å². The lowest BCUT2D eigenvalue weighted by atomic mass is 9.86. The number of likely N-dealkylation sites (tertiary alicyclic amines) is 1. The van der Waals surface area contributed by atoms with Gasteiger partial charge in [-0.2, -0.15) is 8.78 Å². The zero-order valence-corrected chi connectivity index (χ0v) is 23.4. The molecule has 5 nitrogen and oxygen atoms in total. The number of hydrogen-bond donors (Lipinski definition) is 1. The Bertz CT molecular complexity index is 1130. The van der Waals surface area contributed by atoms with E-state index in [2.05, 4.69) is 10.2 Å². The Balaban J connectivity index is 1.50. The largest absolute Gasteiger partial charge is 0.349 e. The van der Waals surface area contributed by atoms with Crippen LogP contribution in [0.3, 0.4) is 0 Å². The zero-order valence-electron chi connectivity index (χ0n) is 23.4. The fourth-order valence-corrected chi connectivity index (χ4v) is 6.22. The number of nitrogens with zero attached hydrogens (tertiary/aromatic N) is 1. The minimum absolute atomic E-state index is 0.0243. The first kappa shape index (κ1) is 30.5. The van der Waals surface area contributed by atoms with Crippen LogP contribution >= 0.6 is 0 Å². The van der Waals surface area contributed by atoms with Crippen LogP contribution in [-0.2, 0) is 14.3 Å². The number of carbonyl (C=O) groups excluding carboxylic acids is 1. The number of amides is 1. The first-order valence-electron chi connectivity index (χ1n) is 14.2. The van der Waals surface area contributed by atoms with Gasteiger partial charge in [0.15, 0.2) is 5.79 Å². The highest BCUT2D eigenvalue weighted by Crippen LogP contribution is 2.38. The van der Waals surface area contributed by atoms with Crippen molar-refractivity contribution in [1.82, 2.24) is 10.2 Å². The van der Waals surface area contributed by atoms with Crippen LogP contribution in [0.15, 0.2) is 47.1 Å². The van der Waals surface area contributed by atoms with E-state index in [1.54, 1.807) is 13.0 Å². The predicted molar refractivity (Wildman–Crippen MR) is 146 cm³/mol. The number of nitrogens with one attached hydrogen (secondary N) is 1. The molecule has 40 heavy (non-hydrogen) atoms. The van der Waals surface area contributed by atoms with Gasteiger partial charge in [-0.3, -0.25) is 14.4 Å². The van der Waals surface area contributed by atoms with Gasteiger partial charge in [0.25, 0.3) is 5.91 Å². The second-order valence-electron chi connectivity index (χ2n) is 11.3. The molecule has 1 heterocycles. The van der Waals surface area contributed by atoms with Crippen molar-refractivity contribution in [2.24, 2.45) is 5.92 Å². The molecule has 0 aromatic heterocycles.